The highest BCUT2D eigenvalue weighted by atomic mass is 32.2. The van der Waals surface area contributed by atoms with Crippen LogP contribution in [0.3, 0.4) is 0 Å². The number of fused-ring (bicyclic) bond motifs is 1. The SMILES string of the molecule is Cc1ccc2c(ccn2S(C)(=O)=O)c1. The Bertz CT molecular complexity index is 581. The van der Waals surface area contributed by atoms with Gasteiger partial charge in [0, 0.05) is 11.6 Å². The molecule has 0 amide bonds. The maximum absolute atomic E-state index is 11.4. The summed E-state index contributed by atoms with van der Waals surface area (Å²) in [5, 5.41) is 0.954. The molecule has 0 unspecified atom stereocenters. The molecule has 74 valence electrons. The van der Waals surface area contributed by atoms with Gasteiger partial charge in [-0.25, -0.2) is 12.4 Å². The first-order chi connectivity index (χ1) is 6.48. The lowest BCUT2D eigenvalue weighted by molar-refractivity contribution is 0.595. The molecule has 0 aliphatic heterocycles. The van der Waals surface area contributed by atoms with Crippen LogP contribution in [0.5, 0.6) is 0 Å². The quantitative estimate of drug-likeness (QED) is 0.717. The van der Waals surface area contributed by atoms with Gasteiger partial charge in [-0.15, -0.1) is 0 Å². The average Bonchev–Trinajstić information content (AvgIpc) is 2.45. The van der Waals surface area contributed by atoms with Crippen LogP contribution in [0.4, 0.5) is 0 Å². The topological polar surface area (TPSA) is 39.1 Å². The second-order valence-corrected chi connectivity index (χ2v) is 5.30. The molecule has 1 aromatic heterocycles. The maximum atomic E-state index is 11.4. The Morgan fingerprint density at radius 3 is 2.57 bits per heavy atom. The number of hydrogen-bond acceptors (Lipinski definition) is 2. The molecule has 0 N–H and O–H groups in total. The van der Waals surface area contributed by atoms with Crippen LogP contribution in [0.25, 0.3) is 10.9 Å². The van der Waals surface area contributed by atoms with Crippen LogP contribution in [-0.4, -0.2) is 18.6 Å². The van der Waals surface area contributed by atoms with Crippen LogP contribution in [0.1, 0.15) is 5.56 Å². The van der Waals surface area contributed by atoms with E-state index in [2.05, 4.69) is 0 Å². The molecule has 3 nitrogen and oxygen atoms in total. The number of aryl methyl sites for hydroxylation is 1. The summed E-state index contributed by atoms with van der Waals surface area (Å²) in [6.45, 7) is 1.98. The Morgan fingerprint density at radius 2 is 1.93 bits per heavy atom. The van der Waals surface area contributed by atoms with Crippen LogP contribution in [0.15, 0.2) is 30.5 Å². The minimum Gasteiger partial charge on any atom is -0.245 e. The van der Waals surface area contributed by atoms with E-state index in [1.54, 1.807) is 6.20 Å². The molecular formula is C10H11NO2S. The molecule has 14 heavy (non-hydrogen) atoms. The number of hydrogen-bond donors (Lipinski definition) is 0. The standard InChI is InChI=1S/C10H11NO2S/c1-8-3-4-10-9(7-8)5-6-11(10)14(2,12)13/h3-7H,1-2H3. The number of nitrogens with zero attached hydrogens (tertiary/aromatic N) is 1. The fourth-order valence-electron chi connectivity index (χ4n) is 1.53. The van der Waals surface area contributed by atoms with Crippen LogP contribution in [0.2, 0.25) is 0 Å². The summed E-state index contributed by atoms with van der Waals surface area (Å²) in [6, 6.07) is 7.51. The van der Waals surface area contributed by atoms with Crippen molar-refractivity contribution < 1.29 is 8.42 Å². The molecule has 0 fully saturated rings. The number of aromatic nitrogens is 1. The highest BCUT2D eigenvalue weighted by Gasteiger charge is 2.08. The van der Waals surface area contributed by atoms with Crippen molar-refractivity contribution in [3.63, 3.8) is 0 Å². The molecular weight excluding hydrogens is 198 g/mol. The largest absolute Gasteiger partial charge is 0.245 e. The Balaban J connectivity index is 2.83. The molecule has 0 spiro atoms. The van der Waals surface area contributed by atoms with Crippen LogP contribution < -0.4 is 0 Å². The molecule has 1 aromatic carbocycles. The van der Waals surface area contributed by atoms with E-state index in [1.165, 1.54) is 10.2 Å². The summed E-state index contributed by atoms with van der Waals surface area (Å²) in [5.41, 5.74) is 1.86. The lowest BCUT2D eigenvalue weighted by Gasteiger charge is -2.01. The maximum Gasteiger partial charge on any atom is 0.236 e. The van der Waals surface area contributed by atoms with Crippen LogP contribution in [0, 0.1) is 6.92 Å². The molecule has 0 bridgehead atoms. The first-order valence-electron chi connectivity index (χ1n) is 4.27. The van der Waals surface area contributed by atoms with Crippen molar-refractivity contribution in [1.82, 2.24) is 3.97 Å². The number of benzene rings is 1. The second kappa shape index (κ2) is 2.85. The second-order valence-electron chi connectivity index (χ2n) is 3.44. The predicted octanol–water partition coefficient (Wildman–Crippen LogP) is 1.76. The van der Waals surface area contributed by atoms with Gasteiger partial charge in [-0.05, 0) is 25.1 Å². The van der Waals surface area contributed by atoms with Crippen molar-refractivity contribution in [1.29, 1.82) is 0 Å². The predicted molar refractivity (Wildman–Crippen MR) is 56.9 cm³/mol. The molecule has 0 aliphatic carbocycles. The van der Waals surface area contributed by atoms with Gasteiger partial charge in [-0.2, -0.15) is 0 Å². The van der Waals surface area contributed by atoms with E-state index in [9.17, 15) is 8.42 Å². The fraction of sp³-hybridized carbons (Fsp3) is 0.200. The third-order valence-corrected chi connectivity index (χ3v) is 3.20. The first-order valence-corrected chi connectivity index (χ1v) is 6.11. The van der Waals surface area contributed by atoms with Gasteiger partial charge in [0.15, 0.2) is 0 Å². The average molecular weight is 209 g/mol. The minimum absolute atomic E-state index is 0.734. The van der Waals surface area contributed by atoms with Crippen molar-refractivity contribution in [3.05, 3.63) is 36.0 Å². The summed E-state index contributed by atoms with van der Waals surface area (Å²) in [6.07, 6.45) is 2.78. The fourth-order valence-corrected chi connectivity index (χ4v) is 2.33. The van der Waals surface area contributed by atoms with Crippen molar-refractivity contribution in [2.75, 3.05) is 6.26 Å². The molecule has 2 aromatic rings. The normalized spacial score (nSPS) is 12.1. The zero-order valence-electron chi connectivity index (χ0n) is 8.06. The summed E-state index contributed by atoms with van der Waals surface area (Å²) >= 11 is 0. The molecule has 0 atom stereocenters. The van der Waals surface area contributed by atoms with Gasteiger partial charge < -0.3 is 0 Å². The van der Waals surface area contributed by atoms with E-state index in [1.807, 2.05) is 31.2 Å². The molecule has 0 saturated heterocycles. The molecule has 0 aliphatic rings. The van der Waals surface area contributed by atoms with Crippen LogP contribution >= 0.6 is 0 Å². The molecule has 1 heterocycles. The summed E-state index contributed by atoms with van der Waals surface area (Å²) in [5.74, 6) is 0. The first kappa shape index (κ1) is 9.27. The third-order valence-electron chi connectivity index (χ3n) is 2.17. The Hall–Kier alpha value is -1.29. The molecule has 0 saturated carbocycles. The van der Waals surface area contributed by atoms with Crippen molar-refractivity contribution in [3.8, 4) is 0 Å². The van der Waals surface area contributed by atoms with E-state index in [-0.39, 0.29) is 0 Å². The Labute approximate surface area is 83.0 Å². The Kier molecular flexibility index (Phi) is 1.89. The highest BCUT2D eigenvalue weighted by molar-refractivity contribution is 7.89. The van der Waals surface area contributed by atoms with Gasteiger partial charge in [0.05, 0.1) is 11.8 Å². The zero-order chi connectivity index (χ0) is 10.3. The van der Waals surface area contributed by atoms with Gasteiger partial charge in [-0.1, -0.05) is 11.6 Å². The van der Waals surface area contributed by atoms with Crippen molar-refractivity contribution >= 4 is 20.9 Å². The third kappa shape index (κ3) is 1.42. The van der Waals surface area contributed by atoms with Gasteiger partial charge in [0.25, 0.3) is 0 Å². The monoisotopic (exact) mass is 209 g/mol. The van der Waals surface area contributed by atoms with Gasteiger partial charge in [0.2, 0.25) is 10.0 Å². The minimum atomic E-state index is -3.18. The van der Waals surface area contributed by atoms with E-state index in [0.29, 0.717) is 0 Å². The summed E-state index contributed by atoms with van der Waals surface area (Å²) < 4.78 is 24.0. The van der Waals surface area contributed by atoms with Crippen molar-refractivity contribution in [2.45, 2.75) is 6.92 Å². The lowest BCUT2D eigenvalue weighted by atomic mass is 10.2. The summed E-state index contributed by atoms with van der Waals surface area (Å²) in [4.78, 5) is 0. The molecule has 4 heteroatoms. The lowest BCUT2D eigenvalue weighted by Crippen LogP contribution is -2.07. The zero-order valence-corrected chi connectivity index (χ0v) is 8.88. The van der Waals surface area contributed by atoms with E-state index < -0.39 is 10.0 Å². The van der Waals surface area contributed by atoms with Crippen LogP contribution in [-0.2, 0) is 10.0 Å². The van der Waals surface area contributed by atoms with Gasteiger partial charge in [-0.3, -0.25) is 0 Å². The van der Waals surface area contributed by atoms with Gasteiger partial charge >= 0.3 is 0 Å². The van der Waals surface area contributed by atoms with Crippen molar-refractivity contribution in [2.24, 2.45) is 0 Å². The van der Waals surface area contributed by atoms with E-state index >= 15 is 0 Å². The van der Waals surface area contributed by atoms with Gasteiger partial charge in [0.1, 0.15) is 0 Å². The molecule has 2 rings (SSSR count). The highest BCUT2D eigenvalue weighted by Crippen LogP contribution is 2.18. The molecule has 0 radical (unpaired) electrons. The smallest absolute Gasteiger partial charge is 0.236 e. The van der Waals surface area contributed by atoms with E-state index in [0.717, 1.165) is 16.5 Å². The summed E-state index contributed by atoms with van der Waals surface area (Å²) in [7, 11) is -3.18. The van der Waals surface area contributed by atoms with E-state index in [4.69, 9.17) is 0 Å². The number of rotatable bonds is 1. The Morgan fingerprint density at radius 1 is 1.21 bits per heavy atom.